The Bertz CT molecular complexity index is 1120. The van der Waals surface area contributed by atoms with E-state index in [0.717, 1.165) is 22.8 Å². The molecule has 0 radical (unpaired) electrons. The van der Waals surface area contributed by atoms with Gasteiger partial charge in [0.25, 0.3) is 0 Å². The molecule has 0 aliphatic heterocycles. The van der Waals surface area contributed by atoms with Crippen molar-refractivity contribution in [1.82, 2.24) is 0 Å². The number of aryl methyl sites for hydroxylation is 2. The molecule has 0 saturated carbocycles. The molecule has 0 unspecified atom stereocenters. The van der Waals surface area contributed by atoms with E-state index in [-0.39, 0.29) is 18.7 Å². The van der Waals surface area contributed by atoms with E-state index in [1.165, 1.54) is 0 Å². The maximum Gasteiger partial charge on any atom is 0.330 e. The molecule has 3 aromatic rings. The molecule has 3 aromatic carbocycles. The summed E-state index contributed by atoms with van der Waals surface area (Å²) in [5, 5.41) is 1.03. The molecule has 0 heterocycles. The smallest absolute Gasteiger partial charge is 0.330 e. The van der Waals surface area contributed by atoms with Gasteiger partial charge in [0.05, 0.1) is 13.2 Å². The summed E-state index contributed by atoms with van der Waals surface area (Å²) in [6.07, 6.45) is 1.10. The highest BCUT2D eigenvalue weighted by Gasteiger charge is 2.37. The van der Waals surface area contributed by atoms with Gasteiger partial charge in [-0.3, -0.25) is 4.79 Å². The Labute approximate surface area is 194 Å². The average Bonchev–Trinajstić information content (AvgIpc) is 2.83. The Balaban J connectivity index is 1.88. The molecular weight excluding hydrogens is 435 g/mol. The molecule has 0 aliphatic carbocycles. The van der Waals surface area contributed by atoms with Crippen LogP contribution in [-0.4, -0.2) is 24.7 Å². The standard InChI is InChI=1S/C27H27O5P/c1-4-25(28)32-16-15-31-19-22-17-20(2)26(21(3)18-22)27(29)33(30,23-11-7-5-8-12-23)24-13-9-6-10-14-24/h4-14,17-18H,1,15-16,19H2,2-3H3. The van der Waals surface area contributed by atoms with Crippen LogP contribution in [0.5, 0.6) is 0 Å². The Morgan fingerprint density at radius 1 is 0.879 bits per heavy atom. The van der Waals surface area contributed by atoms with E-state index >= 15 is 0 Å². The van der Waals surface area contributed by atoms with Crippen LogP contribution in [0.25, 0.3) is 0 Å². The van der Waals surface area contributed by atoms with Gasteiger partial charge in [0.1, 0.15) is 6.61 Å². The molecule has 3 rings (SSSR count). The molecule has 0 aliphatic rings. The van der Waals surface area contributed by atoms with E-state index in [9.17, 15) is 14.2 Å². The van der Waals surface area contributed by atoms with Crippen molar-refractivity contribution < 1.29 is 23.6 Å². The second kappa shape index (κ2) is 11.0. The Morgan fingerprint density at radius 3 is 1.88 bits per heavy atom. The van der Waals surface area contributed by atoms with Crippen LogP contribution in [0, 0.1) is 13.8 Å². The Hall–Kier alpha value is -3.27. The number of ether oxygens (including phenoxy) is 2. The van der Waals surface area contributed by atoms with Gasteiger partial charge >= 0.3 is 5.97 Å². The Morgan fingerprint density at radius 2 is 1.39 bits per heavy atom. The second-order valence-corrected chi connectivity index (χ2v) is 10.3. The van der Waals surface area contributed by atoms with Crippen LogP contribution in [0.2, 0.25) is 0 Å². The van der Waals surface area contributed by atoms with Crippen molar-refractivity contribution in [3.63, 3.8) is 0 Å². The van der Waals surface area contributed by atoms with Crippen molar-refractivity contribution >= 4 is 29.2 Å². The normalized spacial score (nSPS) is 11.1. The van der Waals surface area contributed by atoms with Crippen molar-refractivity contribution in [2.24, 2.45) is 0 Å². The molecule has 33 heavy (non-hydrogen) atoms. The van der Waals surface area contributed by atoms with Crippen molar-refractivity contribution in [1.29, 1.82) is 0 Å². The van der Waals surface area contributed by atoms with Gasteiger partial charge < -0.3 is 14.0 Å². The van der Waals surface area contributed by atoms with E-state index in [4.69, 9.17) is 9.47 Å². The summed E-state index contributed by atoms with van der Waals surface area (Å²) in [5.41, 5.74) is 2.45. The minimum absolute atomic E-state index is 0.136. The van der Waals surface area contributed by atoms with Crippen LogP contribution < -0.4 is 10.6 Å². The topological polar surface area (TPSA) is 69.7 Å². The molecule has 5 nitrogen and oxygen atoms in total. The average molecular weight is 462 g/mol. The number of hydrogen-bond acceptors (Lipinski definition) is 5. The largest absolute Gasteiger partial charge is 0.460 e. The molecule has 0 amide bonds. The monoisotopic (exact) mass is 462 g/mol. The van der Waals surface area contributed by atoms with Gasteiger partial charge in [0.2, 0.25) is 12.7 Å². The maximum absolute atomic E-state index is 14.4. The minimum atomic E-state index is -3.58. The highest BCUT2D eigenvalue weighted by Crippen LogP contribution is 2.47. The van der Waals surface area contributed by atoms with E-state index in [1.807, 2.05) is 38.1 Å². The van der Waals surface area contributed by atoms with Gasteiger partial charge in [0, 0.05) is 22.2 Å². The zero-order valence-corrected chi connectivity index (χ0v) is 19.7. The maximum atomic E-state index is 14.4. The van der Waals surface area contributed by atoms with Gasteiger partial charge in [-0.05, 0) is 30.5 Å². The van der Waals surface area contributed by atoms with Crippen LogP contribution >= 0.6 is 7.14 Å². The third kappa shape index (κ3) is 5.57. The number of hydrogen-bond donors (Lipinski definition) is 0. The lowest BCUT2D eigenvalue weighted by molar-refractivity contribution is -0.139. The molecule has 6 heteroatoms. The highest BCUT2D eigenvalue weighted by molar-refractivity contribution is 7.93. The zero-order chi connectivity index (χ0) is 23.8. The first-order valence-electron chi connectivity index (χ1n) is 10.6. The fraction of sp³-hybridized carbons (Fsp3) is 0.185. The van der Waals surface area contributed by atoms with Gasteiger partial charge in [-0.2, -0.15) is 0 Å². The fourth-order valence-corrected chi connectivity index (χ4v) is 6.36. The van der Waals surface area contributed by atoms with Crippen molar-refractivity contribution in [3.05, 3.63) is 108 Å². The Kier molecular flexibility index (Phi) is 8.16. The molecule has 0 atom stereocenters. The van der Waals surface area contributed by atoms with Crippen LogP contribution in [0.3, 0.4) is 0 Å². The van der Waals surface area contributed by atoms with Crippen molar-refractivity contribution in [2.75, 3.05) is 13.2 Å². The van der Waals surface area contributed by atoms with Crippen molar-refractivity contribution in [3.8, 4) is 0 Å². The quantitative estimate of drug-likeness (QED) is 0.189. The molecule has 0 aromatic heterocycles. The summed E-state index contributed by atoms with van der Waals surface area (Å²) >= 11 is 0. The lowest BCUT2D eigenvalue weighted by atomic mass is 10.0. The number of esters is 1. The zero-order valence-electron chi connectivity index (χ0n) is 18.8. The first-order valence-corrected chi connectivity index (χ1v) is 12.3. The molecule has 0 fully saturated rings. The first kappa shape index (κ1) is 24.4. The van der Waals surface area contributed by atoms with E-state index in [0.29, 0.717) is 22.8 Å². The summed E-state index contributed by atoms with van der Waals surface area (Å²) in [6.45, 7) is 7.71. The predicted molar refractivity (Wildman–Crippen MR) is 131 cm³/mol. The SMILES string of the molecule is C=CC(=O)OCCOCc1cc(C)c(C(=O)P(=O)(c2ccccc2)c2ccccc2)c(C)c1. The number of rotatable bonds is 10. The third-order valence-corrected chi connectivity index (χ3v) is 8.09. The van der Waals surface area contributed by atoms with Gasteiger partial charge in [-0.25, -0.2) is 4.79 Å². The summed E-state index contributed by atoms with van der Waals surface area (Å²) in [7, 11) is -3.58. The summed E-state index contributed by atoms with van der Waals surface area (Å²) in [5.74, 6) is -0.491. The number of benzene rings is 3. The second-order valence-electron chi connectivity index (χ2n) is 7.61. The summed E-state index contributed by atoms with van der Waals surface area (Å²) < 4.78 is 24.9. The minimum Gasteiger partial charge on any atom is -0.460 e. The molecule has 170 valence electrons. The van der Waals surface area contributed by atoms with E-state index in [1.54, 1.807) is 48.5 Å². The van der Waals surface area contributed by atoms with Gasteiger partial charge in [0.15, 0.2) is 0 Å². The molecule has 0 saturated heterocycles. The van der Waals surface area contributed by atoms with Gasteiger partial charge in [-0.1, -0.05) is 79.4 Å². The molecular formula is C27H27O5P. The van der Waals surface area contributed by atoms with E-state index < -0.39 is 13.1 Å². The lowest BCUT2D eigenvalue weighted by Crippen LogP contribution is -2.23. The van der Waals surface area contributed by atoms with Crippen LogP contribution in [0.4, 0.5) is 0 Å². The van der Waals surface area contributed by atoms with Gasteiger partial charge in [-0.15, -0.1) is 0 Å². The van der Waals surface area contributed by atoms with E-state index in [2.05, 4.69) is 6.58 Å². The number of carbonyl (C=O) groups is 2. The van der Waals surface area contributed by atoms with Crippen LogP contribution in [-0.2, 0) is 25.4 Å². The lowest BCUT2D eigenvalue weighted by Gasteiger charge is -2.21. The fourth-order valence-electron chi connectivity index (χ4n) is 3.74. The summed E-state index contributed by atoms with van der Waals surface area (Å²) in [4.78, 5) is 24.9. The van der Waals surface area contributed by atoms with Crippen LogP contribution in [0.15, 0.2) is 85.5 Å². The number of carbonyl (C=O) groups excluding carboxylic acids is 2. The molecule has 0 N–H and O–H groups in total. The van der Waals surface area contributed by atoms with Crippen LogP contribution in [0.1, 0.15) is 27.0 Å². The first-order chi connectivity index (χ1) is 15.9. The molecule has 0 bridgehead atoms. The third-order valence-electron chi connectivity index (χ3n) is 5.24. The van der Waals surface area contributed by atoms with Crippen molar-refractivity contribution in [2.45, 2.75) is 20.5 Å². The predicted octanol–water partition coefficient (Wildman–Crippen LogP) is 4.70. The highest BCUT2D eigenvalue weighted by atomic mass is 31.2. The summed E-state index contributed by atoms with van der Waals surface area (Å²) in [6, 6.07) is 21.6. The molecule has 0 spiro atoms.